The van der Waals surface area contributed by atoms with E-state index in [1.807, 2.05) is 42.6 Å². The number of nitrogens with zero attached hydrogens (tertiary/aromatic N) is 2. The number of halogens is 1. The molecule has 2 aromatic heterocycles. The zero-order valence-electron chi connectivity index (χ0n) is 10.8. The van der Waals surface area contributed by atoms with Gasteiger partial charge in [-0.15, -0.1) is 11.3 Å². The quantitative estimate of drug-likeness (QED) is 0.777. The van der Waals surface area contributed by atoms with Crippen LogP contribution in [0.15, 0.2) is 40.2 Å². The summed E-state index contributed by atoms with van der Waals surface area (Å²) in [5.74, 6) is 1.17. The maximum absolute atomic E-state index is 6.08. The van der Waals surface area contributed by atoms with Crippen LogP contribution in [-0.2, 0) is 6.54 Å². The molecule has 0 bridgehead atoms. The molecule has 3 rings (SSSR count). The van der Waals surface area contributed by atoms with Crippen molar-refractivity contribution < 1.29 is 4.52 Å². The van der Waals surface area contributed by atoms with Crippen molar-refractivity contribution in [3.05, 3.63) is 52.1 Å². The van der Waals surface area contributed by atoms with Crippen LogP contribution in [0.1, 0.15) is 11.4 Å². The third-order valence-electron chi connectivity index (χ3n) is 2.90. The molecule has 3 aromatic rings. The summed E-state index contributed by atoms with van der Waals surface area (Å²) in [6, 6.07) is 9.66. The molecular formula is C14H12ClN3OS. The monoisotopic (exact) mass is 305 g/mol. The molecule has 1 aromatic carbocycles. The Bertz CT molecular complexity index is 709. The zero-order valence-corrected chi connectivity index (χ0v) is 12.3. The van der Waals surface area contributed by atoms with E-state index in [9.17, 15) is 0 Å². The van der Waals surface area contributed by atoms with E-state index >= 15 is 0 Å². The van der Waals surface area contributed by atoms with Gasteiger partial charge in [-0.05, 0) is 36.1 Å². The molecule has 102 valence electrons. The van der Waals surface area contributed by atoms with Gasteiger partial charge in [0.05, 0.1) is 11.4 Å². The lowest BCUT2D eigenvalue weighted by Gasteiger charge is -2.08. The van der Waals surface area contributed by atoms with Gasteiger partial charge in [-0.1, -0.05) is 28.9 Å². The molecule has 6 heteroatoms. The van der Waals surface area contributed by atoms with Gasteiger partial charge >= 0.3 is 0 Å². The van der Waals surface area contributed by atoms with Gasteiger partial charge in [0.15, 0.2) is 5.82 Å². The van der Waals surface area contributed by atoms with Gasteiger partial charge < -0.3 is 9.84 Å². The van der Waals surface area contributed by atoms with E-state index in [4.69, 9.17) is 16.1 Å². The van der Waals surface area contributed by atoms with Crippen molar-refractivity contribution in [2.45, 2.75) is 13.5 Å². The van der Waals surface area contributed by atoms with E-state index in [2.05, 4.69) is 15.5 Å². The standard InChI is InChI=1S/C14H12ClN3OS/c1-9-10(15)4-2-5-11(9)16-8-13-17-14(19-18-13)12-6-3-7-20-12/h2-7,16H,8H2,1H3. The van der Waals surface area contributed by atoms with Crippen LogP contribution in [0.3, 0.4) is 0 Å². The first-order valence-corrected chi connectivity index (χ1v) is 7.35. The number of nitrogens with one attached hydrogen (secondary N) is 1. The van der Waals surface area contributed by atoms with E-state index in [0.29, 0.717) is 18.3 Å². The van der Waals surface area contributed by atoms with Crippen molar-refractivity contribution in [2.24, 2.45) is 0 Å². The van der Waals surface area contributed by atoms with Crippen LogP contribution in [0.25, 0.3) is 10.8 Å². The van der Waals surface area contributed by atoms with Crippen LogP contribution >= 0.6 is 22.9 Å². The summed E-state index contributed by atoms with van der Waals surface area (Å²) in [5.41, 5.74) is 1.98. The third kappa shape index (κ3) is 2.69. The third-order valence-corrected chi connectivity index (χ3v) is 4.17. The van der Waals surface area contributed by atoms with Gasteiger partial charge in [-0.2, -0.15) is 4.98 Å². The Hall–Kier alpha value is -1.85. The minimum Gasteiger partial charge on any atom is -0.377 e. The number of benzene rings is 1. The number of rotatable bonds is 4. The smallest absolute Gasteiger partial charge is 0.268 e. The Morgan fingerprint density at radius 3 is 3.00 bits per heavy atom. The first kappa shape index (κ1) is 13.1. The number of aromatic nitrogens is 2. The second kappa shape index (κ2) is 5.64. The average molecular weight is 306 g/mol. The summed E-state index contributed by atoms with van der Waals surface area (Å²) in [5, 5.41) is 9.94. The lowest BCUT2D eigenvalue weighted by Crippen LogP contribution is -2.02. The van der Waals surface area contributed by atoms with Crippen molar-refractivity contribution in [1.29, 1.82) is 0 Å². The summed E-state index contributed by atoms with van der Waals surface area (Å²) in [6.45, 7) is 2.47. The lowest BCUT2D eigenvalue weighted by atomic mass is 10.2. The lowest BCUT2D eigenvalue weighted by molar-refractivity contribution is 0.424. The van der Waals surface area contributed by atoms with Crippen LogP contribution in [0, 0.1) is 6.92 Å². The summed E-state index contributed by atoms with van der Waals surface area (Å²) in [7, 11) is 0. The Morgan fingerprint density at radius 2 is 2.20 bits per heavy atom. The Labute approximate surface area is 125 Å². The first-order chi connectivity index (χ1) is 9.74. The number of thiophene rings is 1. The predicted octanol–water partition coefficient (Wildman–Crippen LogP) is 4.37. The van der Waals surface area contributed by atoms with E-state index < -0.39 is 0 Å². The molecular weight excluding hydrogens is 294 g/mol. The highest BCUT2D eigenvalue weighted by molar-refractivity contribution is 7.13. The zero-order chi connectivity index (χ0) is 13.9. The second-order valence-electron chi connectivity index (χ2n) is 4.26. The molecule has 0 spiro atoms. The number of hydrogen-bond donors (Lipinski definition) is 1. The highest BCUT2D eigenvalue weighted by Gasteiger charge is 2.10. The molecule has 20 heavy (non-hydrogen) atoms. The Balaban J connectivity index is 1.71. The van der Waals surface area contributed by atoms with Gasteiger partial charge in [-0.25, -0.2) is 0 Å². The predicted molar refractivity (Wildman–Crippen MR) is 81.1 cm³/mol. The first-order valence-electron chi connectivity index (χ1n) is 6.09. The summed E-state index contributed by atoms with van der Waals surface area (Å²) >= 11 is 7.65. The van der Waals surface area contributed by atoms with Crippen molar-refractivity contribution in [3.8, 4) is 10.8 Å². The maximum Gasteiger partial charge on any atom is 0.268 e. The van der Waals surface area contributed by atoms with E-state index in [-0.39, 0.29) is 0 Å². The average Bonchev–Trinajstić information content (AvgIpc) is 3.10. The largest absolute Gasteiger partial charge is 0.377 e. The van der Waals surface area contributed by atoms with Crippen molar-refractivity contribution in [3.63, 3.8) is 0 Å². The SMILES string of the molecule is Cc1c(Cl)cccc1NCc1noc(-c2cccs2)n1. The normalized spacial score (nSPS) is 10.7. The topological polar surface area (TPSA) is 51.0 Å². The second-order valence-corrected chi connectivity index (χ2v) is 5.61. The van der Waals surface area contributed by atoms with E-state index in [0.717, 1.165) is 21.2 Å². The molecule has 0 aliphatic heterocycles. The number of anilines is 1. The minimum absolute atomic E-state index is 0.496. The molecule has 0 aliphatic rings. The molecule has 0 unspecified atom stereocenters. The fraction of sp³-hybridized carbons (Fsp3) is 0.143. The summed E-state index contributed by atoms with van der Waals surface area (Å²) < 4.78 is 5.23. The Morgan fingerprint density at radius 1 is 1.30 bits per heavy atom. The molecule has 2 heterocycles. The van der Waals surface area contributed by atoms with E-state index in [1.165, 1.54) is 0 Å². The van der Waals surface area contributed by atoms with Gasteiger partial charge in [0, 0.05) is 10.7 Å². The van der Waals surface area contributed by atoms with Gasteiger partial charge in [0.25, 0.3) is 5.89 Å². The fourth-order valence-corrected chi connectivity index (χ4v) is 2.62. The van der Waals surface area contributed by atoms with Crippen LogP contribution in [0.5, 0.6) is 0 Å². The highest BCUT2D eigenvalue weighted by Crippen LogP contribution is 2.24. The van der Waals surface area contributed by atoms with E-state index in [1.54, 1.807) is 11.3 Å². The fourth-order valence-electron chi connectivity index (χ4n) is 1.80. The molecule has 0 radical (unpaired) electrons. The Kier molecular flexibility index (Phi) is 3.71. The van der Waals surface area contributed by atoms with Crippen LogP contribution < -0.4 is 5.32 Å². The van der Waals surface area contributed by atoms with Gasteiger partial charge in [0.2, 0.25) is 0 Å². The molecule has 0 amide bonds. The highest BCUT2D eigenvalue weighted by atomic mass is 35.5. The molecule has 0 saturated heterocycles. The van der Waals surface area contributed by atoms with Crippen LogP contribution in [-0.4, -0.2) is 10.1 Å². The summed E-state index contributed by atoms with van der Waals surface area (Å²) in [6.07, 6.45) is 0. The number of hydrogen-bond acceptors (Lipinski definition) is 5. The molecule has 0 atom stereocenters. The minimum atomic E-state index is 0.496. The molecule has 4 nitrogen and oxygen atoms in total. The van der Waals surface area contributed by atoms with Crippen molar-refractivity contribution in [2.75, 3.05) is 5.32 Å². The molecule has 1 N–H and O–H groups in total. The van der Waals surface area contributed by atoms with Crippen LogP contribution in [0.4, 0.5) is 5.69 Å². The van der Waals surface area contributed by atoms with Gasteiger partial charge in [0.1, 0.15) is 0 Å². The molecule has 0 aliphatic carbocycles. The molecule has 0 fully saturated rings. The maximum atomic E-state index is 6.08. The van der Waals surface area contributed by atoms with Crippen molar-refractivity contribution >= 4 is 28.6 Å². The van der Waals surface area contributed by atoms with Gasteiger partial charge in [-0.3, -0.25) is 0 Å². The van der Waals surface area contributed by atoms with Crippen molar-refractivity contribution in [1.82, 2.24) is 10.1 Å². The molecule has 0 saturated carbocycles. The van der Waals surface area contributed by atoms with Crippen LogP contribution in [0.2, 0.25) is 5.02 Å². The summed E-state index contributed by atoms with van der Waals surface area (Å²) in [4.78, 5) is 5.33.